The molecule has 0 bridgehead atoms. The van der Waals surface area contributed by atoms with E-state index >= 15 is 0 Å². The lowest BCUT2D eigenvalue weighted by Gasteiger charge is -2.15. The average Bonchev–Trinajstić information content (AvgIpc) is 2.99. The summed E-state index contributed by atoms with van der Waals surface area (Å²) in [7, 11) is -1.00. The number of hydrogen-bond donors (Lipinski definition) is 1. The van der Waals surface area contributed by atoms with Gasteiger partial charge in [0.2, 0.25) is 0 Å². The number of fused-ring (bicyclic) bond motifs is 2. The van der Waals surface area contributed by atoms with Crippen LogP contribution in [0.1, 0.15) is 26.3 Å². The van der Waals surface area contributed by atoms with Crippen LogP contribution in [-0.4, -0.2) is 24.0 Å². The van der Waals surface area contributed by atoms with Crippen molar-refractivity contribution in [3.8, 4) is 0 Å². The molecule has 102 valence electrons. The zero-order chi connectivity index (χ0) is 14.6. The van der Waals surface area contributed by atoms with Gasteiger partial charge in [0, 0.05) is 0 Å². The van der Waals surface area contributed by atoms with Crippen molar-refractivity contribution in [1.29, 1.82) is 0 Å². The molecular weight excluding hydrogens is 269 g/mol. The summed E-state index contributed by atoms with van der Waals surface area (Å²) in [6, 6.07) is 11.8. The predicted molar refractivity (Wildman–Crippen MR) is 76.4 cm³/mol. The number of imide groups is 1. The molecule has 2 amide bonds. The van der Waals surface area contributed by atoms with Crippen LogP contribution in [0.2, 0.25) is 0 Å². The highest BCUT2D eigenvalue weighted by Crippen LogP contribution is 2.28. The highest BCUT2D eigenvalue weighted by Gasteiger charge is 2.37. The summed E-state index contributed by atoms with van der Waals surface area (Å²) in [5.74, 6) is -0.687. The minimum atomic E-state index is -1.00. The molecule has 0 unspecified atom stereocenters. The maximum absolute atomic E-state index is 12.4. The summed E-state index contributed by atoms with van der Waals surface area (Å²) < 4.78 is 5.12. The van der Waals surface area contributed by atoms with E-state index in [0.717, 1.165) is 10.5 Å². The molecule has 0 spiro atoms. The normalized spacial score (nSPS) is 16.4. The molecule has 0 atom stereocenters. The topological polar surface area (TPSA) is 66.8 Å². The van der Waals surface area contributed by atoms with Crippen molar-refractivity contribution in [3.63, 3.8) is 0 Å². The van der Waals surface area contributed by atoms with Crippen LogP contribution in [0.5, 0.6) is 0 Å². The van der Waals surface area contributed by atoms with Gasteiger partial charge in [-0.3, -0.25) is 9.59 Å². The molecule has 0 aliphatic carbocycles. The Labute approximate surface area is 120 Å². The van der Waals surface area contributed by atoms with Crippen molar-refractivity contribution in [1.82, 2.24) is 0 Å². The monoisotopic (exact) mass is 279 g/mol. The van der Waals surface area contributed by atoms with Gasteiger partial charge in [0.25, 0.3) is 11.8 Å². The van der Waals surface area contributed by atoms with Gasteiger partial charge in [-0.05, 0) is 35.3 Å². The number of hydrogen-bond acceptors (Lipinski definition) is 4. The fraction of sp³-hybridized carbons (Fsp3) is 0.0667. The summed E-state index contributed by atoms with van der Waals surface area (Å²) in [4.78, 5) is 25.9. The first kappa shape index (κ1) is 12.3. The fourth-order valence-corrected chi connectivity index (χ4v) is 2.76. The Hall–Kier alpha value is -2.44. The van der Waals surface area contributed by atoms with Crippen molar-refractivity contribution in [2.45, 2.75) is 6.61 Å². The minimum Gasteiger partial charge on any atom is -0.423 e. The molecule has 0 radical (unpaired) electrons. The Kier molecular flexibility index (Phi) is 2.51. The van der Waals surface area contributed by atoms with Gasteiger partial charge < -0.3 is 9.68 Å². The second kappa shape index (κ2) is 4.28. The van der Waals surface area contributed by atoms with E-state index in [4.69, 9.17) is 4.65 Å². The Bertz CT molecular complexity index is 754. The minimum absolute atomic E-state index is 0.332. The van der Waals surface area contributed by atoms with Crippen molar-refractivity contribution in [3.05, 3.63) is 59.2 Å². The maximum Gasteiger partial charge on any atom is 0.491 e. The number of carbonyl (C=O) groups excluding carboxylic acids is 2. The van der Waals surface area contributed by atoms with E-state index in [1.165, 1.54) is 0 Å². The summed E-state index contributed by atoms with van der Waals surface area (Å²) in [6.07, 6.45) is 0. The third-order valence-electron chi connectivity index (χ3n) is 3.84. The number of anilines is 1. The highest BCUT2D eigenvalue weighted by molar-refractivity contribution is 6.61. The van der Waals surface area contributed by atoms with Gasteiger partial charge in [-0.1, -0.05) is 18.2 Å². The molecule has 2 aromatic rings. The summed E-state index contributed by atoms with van der Waals surface area (Å²) >= 11 is 0. The summed E-state index contributed by atoms with van der Waals surface area (Å²) in [5, 5.41) is 9.74. The largest absolute Gasteiger partial charge is 0.491 e. The number of amides is 2. The molecule has 0 fully saturated rings. The third-order valence-corrected chi connectivity index (χ3v) is 3.84. The number of benzene rings is 2. The van der Waals surface area contributed by atoms with Crippen molar-refractivity contribution >= 4 is 30.1 Å². The van der Waals surface area contributed by atoms with E-state index in [0.29, 0.717) is 28.9 Å². The predicted octanol–water partition coefficient (Wildman–Crippen LogP) is 0.705. The zero-order valence-corrected chi connectivity index (χ0v) is 10.9. The van der Waals surface area contributed by atoms with Crippen LogP contribution >= 0.6 is 0 Å². The number of carbonyl (C=O) groups is 2. The molecule has 2 aliphatic rings. The third kappa shape index (κ3) is 1.66. The van der Waals surface area contributed by atoms with E-state index in [-0.39, 0.29) is 11.8 Å². The summed E-state index contributed by atoms with van der Waals surface area (Å²) in [5.41, 5.74) is 2.72. The molecule has 0 aromatic heterocycles. The molecule has 0 saturated heterocycles. The first-order valence-corrected chi connectivity index (χ1v) is 6.57. The smallest absolute Gasteiger partial charge is 0.423 e. The molecular formula is C15H10BNO4. The Morgan fingerprint density at radius 1 is 1.05 bits per heavy atom. The van der Waals surface area contributed by atoms with Crippen LogP contribution in [0.25, 0.3) is 0 Å². The molecule has 0 saturated carbocycles. The lowest BCUT2D eigenvalue weighted by Crippen LogP contribution is -2.33. The van der Waals surface area contributed by atoms with Crippen LogP contribution in [-0.2, 0) is 11.3 Å². The van der Waals surface area contributed by atoms with E-state index in [2.05, 4.69) is 0 Å². The second-order valence-corrected chi connectivity index (χ2v) is 5.04. The molecule has 2 aliphatic heterocycles. The van der Waals surface area contributed by atoms with Crippen LogP contribution in [0.3, 0.4) is 0 Å². The fourth-order valence-electron chi connectivity index (χ4n) is 2.76. The lowest BCUT2D eigenvalue weighted by molar-refractivity contribution is 0.0926. The van der Waals surface area contributed by atoms with Crippen LogP contribution in [0.4, 0.5) is 5.69 Å². The quantitative estimate of drug-likeness (QED) is 0.616. The van der Waals surface area contributed by atoms with Gasteiger partial charge in [0.05, 0.1) is 23.4 Å². The van der Waals surface area contributed by atoms with Gasteiger partial charge in [-0.25, -0.2) is 4.90 Å². The molecule has 1 N–H and O–H groups in total. The van der Waals surface area contributed by atoms with Gasteiger partial charge in [-0.2, -0.15) is 0 Å². The van der Waals surface area contributed by atoms with Gasteiger partial charge in [0.1, 0.15) is 0 Å². The molecule has 5 nitrogen and oxygen atoms in total. The van der Waals surface area contributed by atoms with Crippen LogP contribution in [0, 0.1) is 0 Å². The highest BCUT2D eigenvalue weighted by atomic mass is 16.5. The van der Waals surface area contributed by atoms with Gasteiger partial charge >= 0.3 is 7.12 Å². The maximum atomic E-state index is 12.4. The molecule has 2 aromatic carbocycles. The van der Waals surface area contributed by atoms with Gasteiger partial charge in [-0.15, -0.1) is 0 Å². The van der Waals surface area contributed by atoms with E-state index in [9.17, 15) is 14.6 Å². The van der Waals surface area contributed by atoms with Crippen molar-refractivity contribution in [2.75, 3.05) is 4.90 Å². The molecule has 4 rings (SSSR count). The van der Waals surface area contributed by atoms with E-state index in [1.54, 1.807) is 42.5 Å². The Morgan fingerprint density at radius 2 is 1.71 bits per heavy atom. The SMILES string of the molecule is O=C1c2ccccc2C(=O)N1c1ccc2c(c1)B(O)OC2. The molecule has 21 heavy (non-hydrogen) atoms. The second-order valence-electron chi connectivity index (χ2n) is 5.04. The Morgan fingerprint density at radius 3 is 2.38 bits per heavy atom. The summed E-state index contributed by atoms with van der Waals surface area (Å²) in [6.45, 7) is 0.332. The van der Waals surface area contributed by atoms with Crippen LogP contribution < -0.4 is 10.4 Å². The number of rotatable bonds is 1. The average molecular weight is 279 g/mol. The standard InChI is InChI=1S/C15H10BNO4/c18-14-11-3-1-2-4-12(11)15(19)17(14)10-6-5-9-8-21-16(20)13(9)7-10/h1-7,20H,8H2. The molecule has 2 heterocycles. The van der Waals surface area contributed by atoms with E-state index < -0.39 is 7.12 Å². The first-order valence-electron chi connectivity index (χ1n) is 6.57. The van der Waals surface area contributed by atoms with Crippen molar-refractivity contribution < 1.29 is 19.3 Å². The molecule has 6 heteroatoms. The Balaban J connectivity index is 1.81. The van der Waals surface area contributed by atoms with E-state index in [1.807, 2.05) is 0 Å². The number of nitrogens with zero attached hydrogens (tertiary/aromatic N) is 1. The van der Waals surface area contributed by atoms with Gasteiger partial charge in [0.15, 0.2) is 0 Å². The van der Waals surface area contributed by atoms with Crippen LogP contribution in [0.15, 0.2) is 42.5 Å². The first-order chi connectivity index (χ1) is 10.2. The van der Waals surface area contributed by atoms with Crippen molar-refractivity contribution in [2.24, 2.45) is 0 Å². The zero-order valence-electron chi connectivity index (χ0n) is 10.9. The lowest BCUT2D eigenvalue weighted by atomic mass is 9.79.